The van der Waals surface area contributed by atoms with E-state index in [1.165, 1.54) is 9.80 Å². The van der Waals surface area contributed by atoms with Crippen LogP contribution in [0.2, 0.25) is 0 Å². The number of anilines is 2. The standard InChI is InChI=1S/C41H40N6O6/c48-36(28-9-3-1-4-10-28)40(52)46-23-7-13-34(46)38(50)42-30-19-15-26(16-20-30)32-25-33(45-44-32)27-17-21-31(22-18-27)43-39(51)35-14-8-24-47(35)41(53)37(49)29-11-5-2-6-12-29/h1-6,9-12,15-22,25,34-37,48-49H,7-8,13-14,23-24H2,(H,42,50)(H,43,51)(H,44,45)/t34-,35-,36+,37+/m0/s1. The van der Waals surface area contributed by atoms with Gasteiger partial charge in [0.25, 0.3) is 11.8 Å². The maximum atomic E-state index is 13.2. The highest BCUT2D eigenvalue weighted by atomic mass is 16.3. The van der Waals surface area contributed by atoms with Gasteiger partial charge in [-0.25, -0.2) is 0 Å². The average Bonchev–Trinajstić information content (AvgIpc) is 4.00. The fraction of sp³-hybridized carbons (Fsp3) is 0.244. The number of rotatable bonds is 10. The molecule has 2 aliphatic heterocycles. The second-order valence-electron chi connectivity index (χ2n) is 13.3. The molecule has 12 heteroatoms. The van der Waals surface area contributed by atoms with E-state index in [2.05, 4.69) is 20.8 Å². The van der Waals surface area contributed by atoms with Gasteiger partial charge in [0.2, 0.25) is 11.8 Å². The van der Waals surface area contributed by atoms with Crippen molar-refractivity contribution >= 4 is 35.0 Å². The summed E-state index contributed by atoms with van der Waals surface area (Å²) in [6.45, 7) is 0.809. The number of carbonyl (C=O) groups is 4. The Morgan fingerprint density at radius 3 is 1.51 bits per heavy atom. The number of hydrogen-bond donors (Lipinski definition) is 5. The van der Waals surface area contributed by atoms with Gasteiger partial charge in [-0.05, 0) is 72.7 Å². The molecule has 5 aromatic rings. The lowest BCUT2D eigenvalue weighted by atomic mass is 10.1. The van der Waals surface area contributed by atoms with Gasteiger partial charge in [0.1, 0.15) is 12.1 Å². The second kappa shape index (κ2) is 15.6. The van der Waals surface area contributed by atoms with Gasteiger partial charge in [-0.3, -0.25) is 24.3 Å². The average molecular weight is 713 g/mol. The van der Waals surface area contributed by atoms with Gasteiger partial charge in [-0.1, -0.05) is 84.9 Å². The predicted octanol–water partition coefficient (Wildman–Crippen LogP) is 5.07. The van der Waals surface area contributed by atoms with Gasteiger partial charge in [0.15, 0.2) is 12.2 Å². The number of carbonyl (C=O) groups excluding carboxylic acids is 4. The quantitative estimate of drug-likeness (QED) is 0.135. The lowest BCUT2D eigenvalue weighted by Crippen LogP contribution is -2.45. The van der Waals surface area contributed by atoms with E-state index in [0.29, 0.717) is 67.0 Å². The number of benzene rings is 4. The van der Waals surface area contributed by atoms with Crippen LogP contribution in [0.4, 0.5) is 11.4 Å². The minimum Gasteiger partial charge on any atom is -0.378 e. The van der Waals surface area contributed by atoms with Crippen molar-refractivity contribution < 1.29 is 29.4 Å². The van der Waals surface area contributed by atoms with Crippen LogP contribution in [0.3, 0.4) is 0 Å². The Morgan fingerprint density at radius 1 is 0.623 bits per heavy atom. The Hall–Kier alpha value is -6.11. The van der Waals surface area contributed by atoms with Crippen LogP contribution in [0.5, 0.6) is 0 Å². The number of aromatic amines is 1. The molecule has 0 radical (unpaired) electrons. The zero-order valence-corrected chi connectivity index (χ0v) is 28.9. The van der Waals surface area contributed by atoms with E-state index in [9.17, 15) is 29.4 Å². The maximum Gasteiger partial charge on any atom is 0.256 e. The molecule has 12 nitrogen and oxygen atoms in total. The minimum atomic E-state index is -1.32. The lowest BCUT2D eigenvalue weighted by Gasteiger charge is -2.26. The second-order valence-corrected chi connectivity index (χ2v) is 13.3. The normalized spacial score (nSPS) is 18.0. The number of nitrogens with zero attached hydrogens (tertiary/aromatic N) is 3. The van der Waals surface area contributed by atoms with Crippen LogP contribution in [-0.4, -0.2) is 79.0 Å². The first-order valence-corrected chi connectivity index (χ1v) is 17.7. The van der Waals surface area contributed by atoms with Crippen LogP contribution in [0.25, 0.3) is 22.5 Å². The summed E-state index contributed by atoms with van der Waals surface area (Å²) in [5.74, 6) is -1.57. The molecule has 0 spiro atoms. The predicted molar refractivity (Wildman–Crippen MR) is 199 cm³/mol. The molecule has 4 amide bonds. The number of hydrogen-bond acceptors (Lipinski definition) is 7. The molecular formula is C41H40N6O6. The highest BCUT2D eigenvalue weighted by molar-refractivity contribution is 5.99. The third-order valence-electron chi connectivity index (χ3n) is 9.87. The summed E-state index contributed by atoms with van der Waals surface area (Å²) in [4.78, 5) is 55.5. The van der Waals surface area contributed by atoms with Gasteiger partial charge >= 0.3 is 0 Å². The molecule has 4 aromatic carbocycles. The number of amides is 4. The molecule has 0 unspecified atom stereocenters. The van der Waals surface area contributed by atoms with Crippen LogP contribution < -0.4 is 10.6 Å². The maximum absolute atomic E-state index is 13.2. The Morgan fingerprint density at radius 2 is 1.06 bits per heavy atom. The third-order valence-corrected chi connectivity index (χ3v) is 9.87. The van der Waals surface area contributed by atoms with Crippen LogP contribution in [0, 0.1) is 0 Å². The molecule has 0 aliphatic carbocycles. The number of H-pyrrole nitrogens is 1. The number of nitrogens with one attached hydrogen (secondary N) is 3. The van der Waals surface area contributed by atoms with Crippen molar-refractivity contribution in [3.05, 3.63) is 126 Å². The van der Waals surface area contributed by atoms with E-state index < -0.39 is 36.1 Å². The Balaban J connectivity index is 0.938. The zero-order chi connectivity index (χ0) is 36.9. The summed E-state index contributed by atoms with van der Waals surface area (Å²) in [5, 5.41) is 34.6. The van der Waals surface area contributed by atoms with E-state index in [1.807, 2.05) is 42.5 Å². The van der Waals surface area contributed by atoms with Crippen molar-refractivity contribution in [2.45, 2.75) is 50.0 Å². The molecule has 5 N–H and O–H groups in total. The molecular weight excluding hydrogens is 672 g/mol. The molecule has 2 aliphatic rings. The Labute approximate surface area is 306 Å². The van der Waals surface area contributed by atoms with Crippen LogP contribution in [-0.2, 0) is 19.2 Å². The molecule has 3 heterocycles. The first-order valence-electron chi connectivity index (χ1n) is 17.7. The number of aromatic nitrogens is 2. The third kappa shape index (κ3) is 7.74. The molecule has 1 aromatic heterocycles. The number of aliphatic hydroxyl groups excluding tert-OH is 2. The van der Waals surface area contributed by atoms with Crippen molar-refractivity contribution in [1.29, 1.82) is 0 Å². The van der Waals surface area contributed by atoms with Crippen LogP contribution in [0.1, 0.15) is 49.0 Å². The van der Waals surface area contributed by atoms with Crippen molar-refractivity contribution in [1.82, 2.24) is 20.0 Å². The first kappa shape index (κ1) is 35.3. The van der Waals surface area contributed by atoms with Gasteiger partial charge in [-0.2, -0.15) is 5.10 Å². The zero-order valence-electron chi connectivity index (χ0n) is 28.9. The van der Waals surface area contributed by atoms with E-state index in [4.69, 9.17) is 0 Å². The van der Waals surface area contributed by atoms with Crippen molar-refractivity contribution in [3.63, 3.8) is 0 Å². The highest BCUT2D eigenvalue weighted by Crippen LogP contribution is 2.29. The van der Waals surface area contributed by atoms with Crippen LogP contribution in [0.15, 0.2) is 115 Å². The van der Waals surface area contributed by atoms with E-state index >= 15 is 0 Å². The SMILES string of the molecule is O=C(Nc1ccc(-c2cc(-c3ccc(NC(=O)[C@@H]4CCCN4C(=O)[C@H](O)c4ccccc4)cc3)[nH]n2)cc1)[C@@H]1CCCN1C(=O)[C@H](O)c1ccccc1. The molecule has 7 rings (SSSR count). The monoisotopic (exact) mass is 712 g/mol. The smallest absolute Gasteiger partial charge is 0.256 e. The summed E-state index contributed by atoms with van der Waals surface area (Å²) in [6.07, 6.45) is -0.272. The molecule has 0 bridgehead atoms. The number of likely N-dealkylation sites (tertiary alicyclic amines) is 2. The fourth-order valence-corrected chi connectivity index (χ4v) is 7.00. The van der Waals surface area contributed by atoms with Gasteiger partial charge in [0, 0.05) is 30.0 Å². The van der Waals surface area contributed by atoms with Gasteiger partial charge in [-0.15, -0.1) is 0 Å². The number of aliphatic hydroxyl groups is 2. The van der Waals surface area contributed by atoms with Gasteiger partial charge < -0.3 is 30.6 Å². The Bertz CT molecular complexity index is 1920. The molecule has 270 valence electrons. The van der Waals surface area contributed by atoms with Crippen molar-refractivity contribution in [3.8, 4) is 22.5 Å². The molecule has 0 saturated carbocycles. The van der Waals surface area contributed by atoms with E-state index in [0.717, 1.165) is 16.8 Å². The molecule has 53 heavy (non-hydrogen) atoms. The summed E-state index contributed by atoms with van der Waals surface area (Å²) in [5.41, 5.74) is 5.27. The minimum absolute atomic E-state index is 0.303. The highest BCUT2D eigenvalue weighted by Gasteiger charge is 2.38. The summed E-state index contributed by atoms with van der Waals surface area (Å²) in [7, 11) is 0. The summed E-state index contributed by atoms with van der Waals surface area (Å²) >= 11 is 0. The van der Waals surface area contributed by atoms with Gasteiger partial charge in [0.05, 0.1) is 11.4 Å². The van der Waals surface area contributed by atoms with Crippen molar-refractivity contribution in [2.24, 2.45) is 0 Å². The first-order chi connectivity index (χ1) is 25.8. The van der Waals surface area contributed by atoms with Crippen LogP contribution >= 0.6 is 0 Å². The summed E-state index contributed by atoms with van der Waals surface area (Å²) < 4.78 is 0. The topological polar surface area (TPSA) is 168 Å². The lowest BCUT2D eigenvalue weighted by molar-refractivity contribution is -0.144. The largest absolute Gasteiger partial charge is 0.378 e. The summed E-state index contributed by atoms with van der Waals surface area (Å²) in [6, 6.07) is 32.5. The molecule has 2 fully saturated rings. The van der Waals surface area contributed by atoms with E-state index in [-0.39, 0.29) is 11.8 Å². The fourth-order valence-electron chi connectivity index (χ4n) is 7.00. The molecule has 2 saturated heterocycles. The van der Waals surface area contributed by atoms with Crippen molar-refractivity contribution in [2.75, 3.05) is 23.7 Å². The Kier molecular flexibility index (Phi) is 10.4. The molecule has 4 atom stereocenters. The van der Waals surface area contributed by atoms with E-state index in [1.54, 1.807) is 72.8 Å².